The van der Waals surface area contributed by atoms with Gasteiger partial charge in [-0.1, -0.05) is 0 Å². The molecule has 1 atom stereocenters. The van der Waals surface area contributed by atoms with Gasteiger partial charge in [0, 0.05) is 24.8 Å². The molecule has 2 heterocycles. The van der Waals surface area contributed by atoms with E-state index in [2.05, 4.69) is 10.3 Å². The molecule has 1 saturated heterocycles. The number of H-pyrrole nitrogens is 1. The lowest BCUT2D eigenvalue weighted by atomic mass is 10.2. The van der Waals surface area contributed by atoms with Crippen molar-refractivity contribution in [3.05, 3.63) is 33.7 Å². The molecule has 1 amide bonds. The Morgan fingerprint density at radius 2 is 2.26 bits per heavy atom. The van der Waals surface area contributed by atoms with E-state index in [1.165, 1.54) is 0 Å². The third-order valence-electron chi connectivity index (χ3n) is 3.56. The summed E-state index contributed by atoms with van der Waals surface area (Å²) in [5, 5.41) is 3.37. The maximum absolute atomic E-state index is 12.4. The summed E-state index contributed by atoms with van der Waals surface area (Å²) < 4.78 is 0. The molecule has 5 heteroatoms. The minimum atomic E-state index is -0.303. The highest BCUT2D eigenvalue weighted by molar-refractivity contribution is 5.93. The summed E-state index contributed by atoms with van der Waals surface area (Å²) in [5.41, 5.74) is 0.690. The molecule has 1 aromatic rings. The van der Waals surface area contributed by atoms with Gasteiger partial charge < -0.3 is 15.2 Å². The van der Waals surface area contributed by atoms with E-state index in [0.717, 1.165) is 25.1 Å². The van der Waals surface area contributed by atoms with E-state index >= 15 is 0 Å². The van der Waals surface area contributed by atoms with Gasteiger partial charge in [-0.3, -0.25) is 9.59 Å². The number of carbonyl (C=O) groups excluding carboxylic acids is 1. The lowest BCUT2D eigenvalue weighted by Gasteiger charge is -2.24. The molecular weight excluding hydrogens is 242 g/mol. The van der Waals surface area contributed by atoms with Crippen LogP contribution in [0, 0.1) is 6.92 Å². The van der Waals surface area contributed by atoms with Crippen LogP contribution in [0.3, 0.4) is 0 Å². The van der Waals surface area contributed by atoms with Gasteiger partial charge in [-0.25, -0.2) is 0 Å². The summed E-state index contributed by atoms with van der Waals surface area (Å²) in [7, 11) is 0. The Kier molecular flexibility index (Phi) is 4.37. The molecule has 0 saturated carbocycles. The van der Waals surface area contributed by atoms with Gasteiger partial charge in [-0.05, 0) is 45.4 Å². The van der Waals surface area contributed by atoms with Crippen molar-refractivity contribution in [1.82, 2.24) is 15.2 Å². The number of pyridine rings is 1. The average molecular weight is 263 g/mol. The zero-order valence-corrected chi connectivity index (χ0v) is 11.5. The Bertz CT molecular complexity index is 504. The number of aryl methyl sites for hydroxylation is 1. The second-order valence-electron chi connectivity index (χ2n) is 5.02. The van der Waals surface area contributed by atoms with Crippen LogP contribution in [0.15, 0.2) is 16.9 Å². The fourth-order valence-corrected chi connectivity index (χ4v) is 2.45. The van der Waals surface area contributed by atoms with Gasteiger partial charge in [0.05, 0.1) is 0 Å². The molecular formula is C14H21N3O2. The van der Waals surface area contributed by atoms with Crippen LogP contribution in [0.25, 0.3) is 0 Å². The van der Waals surface area contributed by atoms with Crippen molar-refractivity contribution < 1.29 is 4.79 Å². The van der Waals surface area contributed by atoms with Crippen molar-refractivity contribution in [1.29, 1.82) is 0 Å². The molecule has 1 fully saturated rings. The largest absolute Gasteiger partial charge is 0.337 e. The number of hydrogen-bond donors (Lipinski definition) is 2. The first kappa shape index (κ1) is 13.8. The molecule has 19 heavy (non-hydrogen) atoms. The highest BCUT2D eigenvalue weighted by atomic mass is 16.2. The molecule has 5 nitrogen and oxygen atoms in total. The third-order valence-corrected chi connectivity index (χ3v) is 3.56. The van der Waals surface area contributed by atoms with Gasteiger partial charge in [0.25, 0.3) is 11.5 Å². The number of nitrogens with one attached hydrogen (secondary N) is 2. The number of carbonyl (C=O) groups is 1. The Hall–Kier alpha value is -1.62. The molecule has 0 aliphatic carbocycles. The Morgan fingerprint density at radius 1 is 1.47 bits per heavy atom. The van der Waals surface area contributed by atoms with Gasteiger partial charge in [0.1, 0.15) is 5.56 Å². The quantitative estimate of drug-likeness (QED) is 0.848. The summed E-state index contributed by atoms with van der Waals surface area (Å²) in [6.07, 6.45) is 2.25. The molecule has 0 radical (unpaired) electrons. The normalized spacial score (nSPS) is 18.5. The topological polar surface area (TPSA) is 65.2 Å². The van der Waals surface area contributed by atoms with E-state index in [-0.39, 0.29) is 17.0 Å². The second kappa shape index (κ2) is 6.02. The minimum Gasteiger partial charge on any atom is -0.337 e. The van der Waals surface area contributed by atoms with Crippen molar-refractivity contribution in [3.63, 3.8) is 0 Å². The Balaban J connectivity index is 2.13. The van der Waals surface area contributed by atoms with Crippen molar-refractivity contribution >= 4 is 5.91 Å². The molecule has 1 unspecified atom stereocenters. The van der Waals surface area contributed by atoms with E-state index in [4.69, 9.17) is 0 Å². The summed E-state index contributed by atoms with van der Waals surface area (Å²) in [6.45, 7) is 6.04. The van der Waals surface area contributed by atoms with Gasteiger partial charge in [-0.15, -0.1) is 0 Å². The highest BCUT2D eigenvalue weighted by Crippen LogP contribution is 2.09. The van der Waals surface area contributed by atoms with Crippen LogP contribution in [0.4, 0.5) is 0 Å². The van der Waals surface area contributed by atoms with Gasteiger partial charge >= 0.3 is 0 Å². The molecule has 2 N–H and O–H groups in total. The van der Waals surface area contributed by atoms with Gasteiger partial charge in [0.15, 0.2) is 0 Å². The van der Waals surface area contributed by atoms with Crippen LogP contribution < -0.4 is 10.9 Å². The molecule has 0 spiro atoms. The SMILES string of the molecule is CCN(CC1CCCN1)C(=O)c1ccc(C)[nH]c1=O. The second-order valence-corrected chi connectivity index (χ2v) is 5.02. The number of hydrogen-bond acceptors (Lipinski definition) is 3. The third kappa shape index (κ3) is 3.23. The van der Waals surface area contributed by atoms with Crippen LogP contribution in [0.2, 0.25) is 0 Å². The molecule has 1 aliphatic heterocycles. The Morgan fingerprint density at radius 3 is 2.84 bits per heavy atom. The predicted octanol–water partition coefficient (Wildman–Crippen LogP) is 0.897. The molecule has 104 valence electrons. The van der Waals surface area contributed by atoms with Crippen LogP contribution in [-0.2, 0) is 0 Å². The molecule has 2 rings (SSSR count). The Labute approximate surface area is 113 Å². The van der Waals surface area contributed by atoms with Crippen molar-refractivity contribution in [3.8, 4) is 0 Å². The van der Waals surface area contributed by atoms with Crippen molar-refractivity contribution in [2.45, 2.75) is 32.7 Å². The zero-order chi connectivity index (χ0) is 13.8. The standard InChI is InChI=1S/C14H21N3O2/c1-3-17(9-11-5-4-8-15-11)14(19)12-7-6-10(2)16-13(12)18/h6-7,11,15H,3-5,8-9H2,1-2H3,(H,16,18). The van der Waals surface area contributed by atoms with Crippen LogP contribution >= 0.6 is 0 Å². The predicted molar refractivity (Wildman–Crippen MR) is 74.4 cm³/mol. The van der Waals surface area contributed by atoms with E-state index < -0.39 is 0 Å². The number of aromatic nitrogens is 1. The summed E-state index contributed by atoms with van der Waals surface area (Å²) >= 11 is 0. The number of aromatic amines is 1. The summed E-state index contributed by atoms with van der Waals surface area (Å²) in [4.78, 5) is 28.6. The number of nitrogens with zero attached hydrogens (tertiary/aromatic N) is 1. The van der Waals surface area contributed by atoms with Gasteiger partial charge in [-0.2, -0.15) is 0 Å². The monoisotopic (exact) mass is 263 g/mol. The van der Waals surface area contributed by atoms with Crippen molar-refractivity contribution in [2.24, 2.45) is 0 Å². The number of amides is 1. The lowest BCUT2D eigenvalue weighted by molar-refractivity contribution is 0.0749. The van der Waals surface area contributed by atoms with Crippen LogP contribution in [0.1, 0.15) is 35.8 Å². The van der Waals surface area contributed by atoms with E-state index in [9.17, 15) is 9.59 Å². The highest BCUT2D eigenvalue weighted by Gasteiger charge is 2.22. The molecule has 0 aromatic carbocycles. The van der Waals surface area contributed by atoms with E-state index in [0.29, 0.717) is 19.1 Å². The summed E-state index contributed by atoms with van der Waals surface area (Å²) in [6, 6.07) is 3.73. The maximum atomic E-state index is 12.4. The zero-order valence-electron chi connectivity index (χ0n) is 11.5. The van der Waals surface area contributed by atoms with Crippen LogP contribution in [0.5, 0.6) is 0 Å². The molecule has 0 bridgehead atoms. The minimum absolute atomic E-state index is 0.183. The first-order chi connectivity index (χ1) is 9.11. The van der Waals surface area contributed by atoms with Crippen molar-refractivity contribution in [2.75, 3.05) is 19.6 Å². The first-order valence-electron chi connectivity index (χ1n) is 6.84. The lowest BCUT2D eigenvalue weighted by Crippen LogP contribution is -2.42. The average Bonchev–Trinajstić information content (AvgIpc) is 2.88. The van der Waals surface area contributed by atoms with E-state index in [1.807, 2.05) is 6.92 Å². The fraction of sp³-hybridized carbons (Fsp3) is 0.571. The van der Waals surface area contributed by atoms with Gasteiger partial charge in [0.2, 0.25) is 0 Å². The maximum Gasteiger partial charge on any atom is 0.260 e. The smallest absolute Gasteiger partial charge is 0.260 e. The first-order valence-corrected chi connectivity index (χ1v) is 6.84. The number of likely N-dealkylation sites (N-methyl/N-ethyl adjacent to an activating group) is 1. The van der Waals surface area contributed by atoms with Crippen LogP contribution in [-0.4, -0.2) is 41.5 Å². The summed E-state index contributed by atoms with van der Waals surface area (Å²) in [5.74, 6) is -0.183. The van der Waals surface area contributed by atoms with E-state index in [1.54, 1.807) is 24.0 Å². The molecule has 1 aromatic heterocycles. The molecule has 1 aliphatic rings. The number of rotatable bonds is 4. The fourth-order valence-electron chi connectivity index (χ4n) is 2.45.